The largest absolute Gasteiger partial charge is 0.350 e. The van der Waals surface area contributed by atoms with Crippen molar-refractivity contribution in [1.82, 2.24) is 15.6 Å². The molecular formula is C14H21N3O. The second-order valence-electron chi connectivity index (χ2n) is 4.96. The summed E-state index contributed by atoms with van der Waals surface area (Å²) >= 11 is 0. The second kappa shape index (κ2) is 6.50. The normalized spacial score (nSPS) is 19.5. The van der Waals surface area contributed by atoms with E-state index in [9.17, 15) is 4.79 Å². The van der Waals surface area contributed by atoms with E-state index in [1.54, 1.807) is 6.20 Å². The van der Waals surface area contributed by atoms with E-state index >= 15 is 0 Å². The summed E-state index contributed by atoms with van der Waals surface area (Å²) in [6.07, 6.45) is 4.72. The van der Waals surface area contributed by atoms with Gasteiger partial charge in [-0.2, -0.15) is 0 Å². The minimum atomic E-state index is 0.133. The Morgan fingerprint density at radius 3 is 3.22 bits per heavy atom. The number of pyridine rings is 1. The number of piperidine rings is 1. The zero-order valence-electron chi connectivity index (χ0n) is 10.9. The maximum atomic E-state index is 11.8. The fourth-order valence-corrected chi connectivity index (χ4v) is 2.32. The number of hydrogen-bond acceptors (Lipinski definition) is 3. The molecule has 0 radical (unpaired) electrons. The topological polar surface area (TPSA) is 54.0 Å². The first-order valence-corrected chi connectivity index (χ1v) is 6.63. The molecule has 2 rings (SSSR count). The first-order valence-electron chi connectivity index (χ1n) is 6.63. The summed E-state index contributed by atoms with van der Waals surface area (Å²) in [6.45, 7) is 4.60. The van der Waals surface area contributed by atoms with Crippen molar-refractivity contribution in [2.24, 2.45) is 5.92 Å². The van der Waals surface area contributed by atoms with Gasteiger partial charge >= 0.3 is 0 Å². The van der Waals surface area contributed by atoms with E-state index < -0.39 is 0 Å². The van der Waals surface area contributed by atoms with Gasteiger partial charge in [0.2, 0.25) is 5.91 Å². The summed E-state index contributed by atoms with van der Waals surface area (Å²) in [7, 11) is 0. The van der Waals surface area contributed by atoms with Gasteiger partial charge in [0.1, 0.15) is 0 Å². The number of hydrogen-bond donors (Lipinski definition) is 2. The van der Waals surface area contributed by atoms with Crippen molar-refractivity contribution < 1.29 is 4.79 Å². The maximum absolute atomic E-state index is 11.8. The minimum Gasteiger partial charge on any atom is -0.350 e. The van der Waals surface area contributed by atoms with Crippen molar-refractivity contribution in [2.75, 3.05) is 13.1 Å². The molecular weight excluding hydrogens is 226 g/mol. The third kappa shape index (κ3) is 3.81. The number of carbonyl (C=O) groups excluding carboxylic acids is 1. The van der Waals surface area contributed by atoms with Crippen LogP contribution in [0.2, 0.25) is 0 Å². The number of nitrogens with zero attached hydrogens (tertiary/aromatic N) is 1. The summed E-state index contributed by atoms with van der Waals surface area (Å²) in [6, 6.07) is 3.92. The smallest absolute Gasteiger partial charge is 0.220 e. The molecule has 1 aromatic rings. The second-order valence-corrected chi connectivity index (χ2v) is 4.96. The monoisotopic (exact) mass is 247 g/mol. The lowest BCUT2D eigenvalue weighted by molar-refractivity contribution is -0.122. The maximum Gasteiger partial charge on any atom is 0.220 e. The molecule has 0 saturated carbocycles. The molecule has 0 spiro atoms. The van der Waals surface area contributed by atoms with Crippen LogP contribution in [0.3, 0.4) is 0 Å². The van der Waals surface area contributed by atoms with Crippen LogP contribution in [-0.4, -0.2) is 24.0 Å². The molecule has 4 nitrogen and oxygen atoms in total. The van der Waals surface area contributed by atoms with Crippen LogP contribution in [0.1, 0.15) is 30.5 Å². The van der Waals surface area contributed by atoms with Crippen molar-refractivity contribution in [3.63, 3.8) is 0 Å². The fraction of sp³-hybridized carbons (Fsp3) is 0.571. The summed E-state index contributed by atoms with van der Waals surface area (Å²) < 4.78 is 0. The lowest BCUT2D eigenvalue weighted by Crippen LogP contribution is -2.34. The van der Waals surface area contributed by atoms with Crippen LogP contribution in [0.5, 0.6) is 0 Å². The molecule has 98 valence electrons. The Kier molecular flexibility index (Phi) is 4.70. The van der Waals surface area contributed by atoms with E-state index in [0.29, 0.717) is 18.9 Å². The van der Waals surface area contributed by atoms with Crippen molar-refractivity contribution in [3.05, 3.63) is 29.6 Å². The number of carbonyl (C=O) groups is 1. The number of aryl methyl sites for hydroxylation is 1. The van der Waals surface area contributed by atoms with Gasteiger partial charge in [-0.25, -0.2) is 0 Å². The molecule has 1 aliphatic heterocycles. The highest BCUT2D eigenvalue weighted by Crippen LogP contribution is 2.13. The van der Waals surface area contributed by atoms with E-state index in [1.807, 2.05) is 19.1 Å². The molecule has 1 fully saturated rings. The van der Waals surface area contributed by atoms with Gasteiger partial charge in [0.05, 0.1) is 12.2 Å². The van der Waals surface area contributed by atoms with Crippen LogP contribution in [-0.2, 0) is 11.3 Å². The number of rotatable bonds is 4. The molecule has 0 aliphatic carbocycles. The van der Waals surface area contributed by atoms with Crippen molar-refractivity contribution >= 4 is 5.91 Å². The lowest BCUT2D eigenvalue weighted by Gasteiger charge is -2.22. The number of nitrogens with one attached hydrogen (secondary N) is 2. The molecule has 1 amide bonds. The molecule has 1 aliphatic rings. The van der Waals surface area contributed by atoms with Crippen LogP contribution in [0, 0.1) is 12.8 Å². The summed E-state index contributed by atoms with van der Waals surface area (Å²) in [5.74, 6) is 0.623. The van der Waals surface area contributed by atoms with E-state index in [1.165, 1.54) is 6.42 Å². The third-order valence-corrected chi connectivity index (χ3v) is 3.44. The van der Waals surface area contributed by atoms with Gasteiger partial charge in [-0.15, -0.1) is 0 Å². The first-order chi connectivity index (χ1) is 8.75. The molecule has 1 atom stereocenters. The predicted octanol–water partition coefficient (Wildman–Crippen LogP) is 1.40. The molecule has 2 N–H and O–H groups in total. The molecule has 4 heteroatoms. The van der Waals surface area contributed by atoms with Gasteiger partial charge < -0.3 is 10.6 Å². The summed E-state index contributed by atoms with van der Waals surface area (Å²) in [5.41, 5.74) is 2.07. The quantitative estimate of drug-likeness (QED) is 0.845. The predicted molar refractivity (Wildman–Crippen MR) is 71.0 cm³/mol. The molecule has 2 heterocycles. The SMILES string of the molecule is Cc1cccnc1CNC(=O)CC1CCCNC1. The molecule has 1 saturated heterocycles. The highest BCUT2D eigenvalue weighted by molar-refractivity contribution is 5.76. The van der Waals surface area contributed by atoms with Crippen LogP contribution in [0.4, 0.5) is 0 Å². The molecule has 0 aromatic carbocycles. The average Bonchev–Trinajstić information content (AvgIpc) is 2.39. The Morgan fingerprint density at radius 2 is 2.50 bits per heavy atom. The van der Waals surface area contributed by atoms with Crippen LogP contribution in [0.15, 0.2) is 18.3 Å². The van der Waals surface area contributed by atoms with Crippen LogP contribution in [0.25, 0.3) is 0 Å². The van der Waals surface area contributed by atoms with Gasteiger partial charge in [-0.05, 0) is 50.4 Å². The first kappa shape index (κ1) is 13.0. The van der Waals surface area contributed by atoms with E-state index in [4.69, 9.17) is 0 Å². The Hall–Kier alpha value is -1.42. The number of aromatic nitrogens is 1. The zero-order chi connectivity index (χ0) is 12.8. The highest BCUT2D eigenvalue weighted by atomic mass is 16.1. The Morgan fingerprint density at radius 1 is 1.61 bits per heavy atom. The molecule has 0 bridgehead atoms. The van der Waals surface area contributed by atoms with E-state index in [-0.39, 0.29) is 5.91 Å². The van der Waals surface area contributed by atoms with Gasteiger partial charge in [0.15, 0.2) is 0 Å². The van der Waals surface area contributed by atoms with Gasteiger partial charge in [0.25, 0.3) is 0 Å². The van der Waals surface area contributed by atoms with E-state index in [0.717, 1.165) is 30.8 Å². The Balaban J connectivity index is 1.76. The van der Waals surface area contributed by atoms with Gasteiger partial charge in [-0.1, -0.05) is 6.07 Å². The zero-order valence-corrected chi connectivity index (χ0v) is 10.9. The van der Waals surface area contributed by atoms with E-state index in [2.05, 4.69) is 15.6 Å². The fourth-order valence-electron chi connectivity index (χ4n) is 2.32. The van der Waals surface area contributed by atoms with Crippen LogP contribution < -0.4 is 10.6 Å². The molecule has 1 unspecified atom stereocenters. The van der Waals surface area contributed by atoms with Crippen LogP contribution >= 0.6 is 0 Å². The highest BCUT2D eigenvalue weighted by Gasteiger charge is 2.16. The standard InChI is InChI=1S/C14H21N3O/c1-11-4-2-7-16-13(11)10-17-14(18)8-12-5-3-6-15-9-12/h2,4,7,12,15H,3,5-6,8-10H2,1H3,(H,17,18). The lowest BCUT2D eigenvalue weighted by atomic mass is 9.96. The summed E-state index contributed by atoms with van der Waals surface area (Å²) in [4.78, 5) is 16.1. The van der Waals surface area contributed by atoms with Gasteiger partial charge in [-0.3, -0.25) is 9.78 Å². The number of amides is 1. The average molecular weight is 247 g/mol. The van der Waals surface area contributed by atoms with Crippen molar-refractivity contribution in [3.8, 4) is 0 Å². The molecule has 18 heavy (non-hydrogen) atoms. The van der Waals surface area contributed by atoms with Crippen molar-refractivity contribution in [1.29, 1.82) is 0 Å². The molecule has 1 aromatic heterocycles. The summed E-state index contributed by atoms with van der Waals surface area (Å²) in [5, 5.41) is 6.29. The van der Waals surface area contributed by atoms with Gasteiger partial charge in [0, 0.05) is 12.6 Å². The third-order valence-electron chi connectivity index (χ3n) is 3.44. The Bertz CT molecular complexity index is 400. The minimum absolute atomic E-state index is 0.133. The Labute approximate surface area is 108 Å². The van der Waals surface area contributed by atoms with Crippen molar-refractivity contribution in [2.45, 2.75) is 32.7 Å².